The monoisotopic (exact) mass is 404 g/mol. The molecule has 1 heterocycles. The van der Waals surface area contributed by atoms with Crippen LogP contribution in [-0.4, -0.2) is 29.2 Å². The van der Waals surface area contributed by atoms with E-state index in [1.165, 1.54) is 4.90 Å². The van der Waals surface area contributed by atoms with Gasteiger partial charge in [0.05, 0.1) is 22.5 Å². The molecular formula is C20H18Cl2N2O3. The van der Waals surface area contributed by atoms with Crippen LogP contribution in [0.3, 0.4) is 0 Å². The Bertz CT molecular complexity index is 863. The van der Waals surface area contributed by atoms with Gasteiger partial charge in [-0.3, -0.25) is 19.3 Å². The first-order valence-electron chi connectivity index (χ1n) is 9.24. The van der Waals surface area contributed by atoms with E-state index in [1.807, 2.05) is 0 Å². The van der Waals surface area contributed by atoms with Crippen molar-refractivity contribution in [3.63, 3.8) is 0 Å². The van der Waals surface area contributed by atoms with E-state index < -0.39 is 0 Å². The van der Waals surface area contributed by atoms with Gasteiger partial charge >= 0.3 is 0 Å². The summed E-state index contributed by atoms with van der Waals surface area (Å²) >= 11 is 12.0. The average Bonchev–Trinajstić information content (AvgIpc) is 3.42. The summed E-state index contributed by atoms with van der Waals surface area (Å²) in [6, 6.07) is 4.81. The highest BCUT2D eigenvalue weighted by Gasteiger charge is 2.66. The van der Waals surface area contributed by atoms with Gasteiger partial charge in [-0.15, -0.1) is 0 Å². The lowest BCUT2D eigenvalue weighted by Gasteiger charge is -2.37. The summed E-state index contributed by atoms with van der Waals surface area (Å²) in [5.74, 6) is 0.585. The number of anilines is 1. The average molecular weight is 405 g/mol. The Morgan fingerprint density at radius 2 is 1.70 bits per heavy atom. The van der Waals surface area contributed by atoms with Crippen LogP contribution in [0.4, 0.5) is 5.69 Å². The third-order valence-corrected chi connectivity index (χ3v) is 7.08. The summed E-state index contributed by atoms with van der Waals surface area (Å²) < 4.78 is 0. The number of likely N-dealkylation sites (tertiary alicyclic amines) is 1. The molecule has 27 heavy (non-hydrogen) atoms. The van der Waals surface area contributed by atoms with E-state index in [2.05, 4.69) is 17.5 Å². The van der Waals surface area contributed by atoms with Crippen LogP contribution in [0.25, 0.3) is 0 Å². The number of hydrogen-bond donors (Lipinski definition) is 1. The fourth-order valence-corrected chi connectivity index (χ4v) is 5.60. The van der Waals surface area contributed by atoms with E-state index in [4.69, 9.17) is 23.2 Å². The molecule has 1 aromatic carbocycles. The molecule has 3 amide bonds. The topological polar surface area (TPSA) is 66.5 Å². The highest BCUT2D eigenvalue weighted by atomic mass is 35.5. The SMILES string of the molecule is O=C(CCN1C(=O)[C@@H]2[C@H]3C=C[C@@H]([C@@H]4C[C@@H]34)[C@@H]2C1=O)Nc1cc(Cl)ccc1Cl. The third-order valence-electron chi connectivity index (χ3n) is 6.52. The molecule has 2 saturated carbocycles. The molecule has 6 rings (SSSR count). The molecule has 5 aliphatic rings. The van der Waals surface area contributed by atoms with Crippen LogP contribution in [0.15, 0.2) is 30.4 Å². The molecule has 140 valence electrons. The van der Waals surface area contributed by atoms with Gasteiger partial charge in [0.2, 0.25) is 17.7 Å². The molecule has 1 aromatic rings. The number of carbonyl (C=O) groups excluding carboxylic acids is 3. The molecule has 0 aromatic heterocycles. The number of benzene rings is 1. The number of rotatable bonds is 4. The maximum absolute atomic E-state index is 12.9. The zero-order chi connectivity index (χ0) is 18.9. The van der Waals surface area contributed by atoms with E-state index >= 15 is 0 Å². The number of amides is 3. The van der Waals surface area contributed by atoms with Crippen molar-refractivity contribution in [2.24, 2.45) is 35.5 Å². The molecule has 1 aliphatic heterocycles. The quantitative estimate of drug-likeness (QED) is 0.617. The van der Waals surface area contributed by atoms with Gasteiger partial charge in [0.15, 0.2) is 0 Å². The Balaban J connectivity index is 1.26. The van der Waals surface area contributed by atoms with Crippen molar-refractivity contribution >= 4 is 46.6 Å². The first-order chi connectivity index (χ1) is 13.0. The molecule has 0 spiro atoms. The number of carbonyl (C=O) groups is 3. The van der Waals surface area contributed by atoms with E-state index in [-0.39, 0.29) is 54.4 Å². The van der Waals surface area contributed by atoms with Crippen LogP contribution in [0, 0.1) is 35.5 Å². The fraction of sp³-hybridized carbons (Fsp3) is 0.450. The van der Waals surface area contributed by atoms with Gasteiger partial charge in [-0.1, -0.05) is 35.4 Å². The molecule has 2 bridgehead atoms. The highest BCUT2D eigenvalue weighted by molar-refractivity contribution is 6.35. The van der Waals surface area contributed by atoms with Crippen LogP contribution in [0.1, 0.15) is 12.8 Å². The number of nitrogens with zero attached hydrogens (tertiary/aromatic N) is 1. The zero-order valence-electron chi connectivity index (χ0n) is 14.4. The summed E-state index contributed by atoms with van der Waals surface area (Å²) in [6.45, 7) is 0.101. The van der Waals surface area contributed by atoms with Gasteiger partial charge < -0.3 is 5.32 Å². The smallest absolute Gasteiger partial charge is 0.233 e. The molecule has 7 heteroatoms. The van der Waals surface area contributed by atoms with Gasteiger partial charge in [-0.25, -0.2) is 0 Å². The van der Waals surface area contributed by atoms with Crippen LogP contribution < -0.4 is 5.32 Å². The van der Waals surface area contributed by atoms with Gasteiger partial charge in [-0.05, 0) is 48.3 Å². The summed E-state index contributed by atoms with van der Waals surface area (Å²) in [7, 11) is 0. The lowest BCUT2D eigenvalue weighted by Crippen LogP contribution is -2.40. The molecular weight excluding hydrogens is 387 g/mol. The van der Waals surface area contributed by atoms with Crippen molar-refractivity contribution in [2.75, 3.05) is 11.9 Å². The molecule has 0 unspecified atom stereocenters. The first kappa shape index (κ1) is 17.3. The Labute approximate surface area is 166 Å². The van der Waals surface area contributed by atoms with Gasteiger partial charge in [-0.2, -0.15) is 0 Å². The first-order valence-corrected chi connectivity index (χ1v) is 10.00. The number of imide groups is 1. The Morgan fingerprint density at radius 1 is 1.07 bits per heavy atom. The summed E-state index contributed by atoms with van der Waals surface area (Å²) in [6.07, 6.45) is 5.46. The maximum Gasteiger partial charge on any atom is 0.233 e. The third kappa shape index (κ3) is 2.63. The Kier molecular flexibility index (Phi) is 3.89. The second-order valence-corrected chi connectivity index (χ2v) is 8.75. The van der Waals surface area contributed by atoms with Crippen molar-refractivity contribution in [3.8, 4) is 0 Å². The van der Waals surface area contributed by atoms with Crippen molar-refractivity contribution in [2.45, 2.75) is 12.8 Å². The molecule has 1 saturated heterocycles. The molecule has 0 radical (unpaired) electrons. The van der Waals surface area contributed by atoms with Crippen LogP contribution in [0.5, 0.6) is 0 Å². The second kappa shape index (κ2) is 6.08. The van der Waals surface area contributed by atoms with E-state index in [9.17, 15) is 14.4 Å². The molecule has 4 aliphatic carbocycles. The molecule has 1 N–H and O–H groups in total. The van der Waals surface area contributed by atoms with Gasteiger partial charge in [0, 0.05) is 18.0 Å². The lowest BCUT2D eigenvalue weighted by molar-refractivity contribution is -0.140. The number of hydrogen-bond acceptors (Lipinski definition) is 3. The minimum absolute atomic E-state index is 0.0371. The number of allylic oxidation sites excluding steroid dienone is 2. The molecule has 6 atom stereocenters. The van der Waals surface area contributed by atoms with E-state index in [0.29, 0.717) is 27.6 Å². The second-order valence-electron chi connectivity index (χ2n) is 7.91. The van der Waals surface area contributed by atoms with E-state index in [1.54, 1.807) is 18.2 Å². The Hall–Kier alpha value is -1.85. The fourth-order valence-electron chi connectivity index (χ4n) is 5.26. The lowest BCUT2D eigenvalue weighted by atomic mass is 9.63. The Morgan fingerprint density at radius 3 is 2.33 bits per heavy atom. The molecule has 3 fully saturated rings. The van der Waals surface area contributed by atoms with Crippen molar-refractivity contribution in [1.82, 2.24) is 4.90 Å². The normalized spacial score (nSPS) is 35.3. The standard InChI is InChI=1S/C20H18Cl2N2O3/c21-9-1-4-14(22)15(7-9)23-16(25)5-6-24-19(26)17-10-2-3-11(13-8-12(10)13)18(17)20(24)27/h1-4,7,10-13,17-18H,5-6,8H2,(H,23,25)/t10-,11-,12-,13-,17-,18+/m0/s1. The number of nitrogens with one attached hydrogen (secondary N) is 1. The van der Waals surface area contributed by atoms with Crippen LogP contribution in [-0.2, 0) is 14.4 Å². The molecule has 5 nitrogen and oxygen atoms in total. The predicted octanol–water partition coefficient (Wildman–Crippen LogP) is 3.38. The van der Waals surface area contributed by atoms with Gasteiger partial charge in [0.1, 0.15) is 0 Å². The summed E-state index contributed by atoms with van der Waals surface area (Å²) in [4.78, 5) is 39.3. The summed E-state index contributed by atoms with van der Waals surface area (Å²) in [5, 5.41) is 3.54. The van der Waals surface area contributed by atoms with E-state index in [0.717, 1.165) is 6.42 Å². The van der Waals surface area contributed by atoms with Crippen LogP contribution in [0.2, 0.25) is 10.0 Å². The highest BCUT2D eigenvalue weighted by Crippen LogP contribution is 2.65. The zero-order valence-corrected chi connectivity index (χ0v) is 15.9. The minimum Gasteiger partial charge on any atom is -0.325 e. The maximum atomic E-state index is 12.9. The predicted molar refractivity (Wildman–Crippen MR) is 101 cm³/mol. The van der Waals surface area contributed by atoms with Crippen LogP contribution >= 0.6 is 23.2 Å². The van der Waals surface area contributed by atoms with Crippen molar-refractivity contribution < 1.29 is 14.4 Å². The number of halogens is 2. The minimum atomic E-state index is -0.307. The van der Waals surface area contributed by atoms with Crippen molar-refractivity contribution in [3.05, 3.63) is 40.4 Å². The summed E-state index contributed by atoms with van der Waals surface area (Å²) in [5.41, 5.74) is 0.421. The van der Waals surface area contributed by atoms with Gasteiger partial charge in [0.25, 0.3) is 0 Å². The largest absolute Gasteiger partial charge is 0.325 e. The van der Waals surface area contributed by atoms with Crippen molar-refractivity contribution in [1.29, 1.82) is 0 Å².